The number of amides is 1. The Balaban J connectivity index is 1.42. The first-order chi connectivity index (χ1) is 13.7. The zero-order valence-electron chi connectivity index (χ0n) is 16.6. The van der Waals surface area contributed by atoms with E-state index in [2.05, 4.69) is 33.4 Å². The second-order valence-electron chi connectivity index (χ2n) is 7.89. The van der Waals surface area contributed by atoms with Gasteiger partial charge in [-0.2, -0.15) is 0 Å². The smallest absolute Gasteiger partial charge is 0.225 e. The van der Waals surface area contributed by atoms with Crippen molar-refractivity contribution in [2.24, 2.45) is 5.92 Å². The van der Waals surface area contributed by atoms with E-state index in [1.165, 1.54) is 19.3 Å². The van der Waals surface area contributed by atoms with Crippen molar-refractivity contribution in [2.45, 2.75) is 64.2 Å². The number of nitrogens with zero attached hydrogens (tertiary/aromatic N) is 4. The molecule has 0 spiro atoms. The van der Waals surface area contributed by atoms with Gasteiger partial charge in [-0.1, -0.05) is 43.6 Å². The number of hydrogen-bond acceptors (Lipinski definition) is 6. The van der Waals surface area contributed by atoms with Crippen molar-refractivity contribution in [1.82, 2.24) is 20.1 Å². The van der Waals surface area contributed by atoms with Gasteiger partial charge in [0.15, 0.2) is 0 Å². The van der Waals surface area contributed by atoms with Crippen LogP contribution in [0.5, 0.6) is 0 Å². The molecular weight excluding hydrogens is 370 g/mol. The van der Waals surface area contributed by atoms with Crippen LogP contribution in [0.15, 0.2) is 18.2 Å². The van der Waals surface area contributed by atoms with Crippen molar-refractivity contribution in [3.05, 3.63) is 28.9 Å². The predicted octanol–water partition coefficient (Wildman–Crippen LogP) is 4.53. The van der Waals surface area contributed by atoms with E-state index in [4.69, 9.17) is 4.98 Å². The van der Waals surface area contributed by atoms with Gasteiger partial charge in [-0.05, 0) is 44.2 Å². The molecule has 150 valence electrons. The van der Waals surface area contributed by atoms with Crippen molar-refractivity contribution < 1.29 is 4.79 Å². The molecule has 1 amide bonds. The number of aromatic nitrogens is 3. The minimum Gasteiger partial charge on any atom is -0.342 e. The molecular formula is C21H29N5OS. The van der Waals surface area contributed by atoms with E-state index in [1.807, 2.05) is 12.1 Å². The number of piperidine rings is 1. The molecule has 2 aromatic heterocycles. The molecule has 0 bridgehead atoms. The number of rotatable bonds is 5. The highest BCUT2D eigenvalue weighted by atomic mass is 32.1. The van der Waals surface area contributed by atoms with E-state index in [1.54, 1.807) is 11.3 Å². The standard InChI is InChI=1S/C21H29N5OS/c1-2-19-24-25-21(28-19)23-18-12-6-11-17(22-18)16-10-7-13-26(14-16)20(27)15-8-4-3-5-9-15/h6,11-12,15-16H,2-5,7-10,13-14H2,1H3,(H,22,23,25). The average Bonchev–Trinajstić information content (AvgIpc) is 3.21. The molecule has 1 saturated heterocycles. The van der Waals surface area contributed by atoms with Crippen LogP contribution < -0.4 is 5.32 Å². The van der Waals surface area contributed by atoms with Crippen LogP contribution >= 0.6 is 11.3 Å². The maximum atomic E-state index is 12.9. The van der Waals surface area contributed by atoms with Crippen molar-refractivity contribution in [3.63, 3.8) is 0 Å². The molecule has 1 saturated carbocycles. The van der Waals surface area contributed by atoms with E-state index in [0.29, 0.717) is 11.8 Å². The topological polar surface area (TPSA) is 71.0 Å². The minimum atomic E-state index is 0.249. The molecule has 28 heavy (non-hydrogen) atoms. The molecule has 3 heterocycles. The SMILES string of the molecule is CCc1nnc(Nc2cccc(C3CCCN(C(=O)C4CCCCC4)C3)n2)s1. The molecule has 2 fully saturated rings. The van der Waals surface area contributed by atoms with E-state index in [9.17, 15) is 4.79 Å². The third-order valence-electron chi connectivity index (χ3n) is 5.88. The van der Waals surface area contributed by atoms with Crippen LogP contribution in [0.4, 0.5) is 10.9 Å². The summed E-state index contributed by atoms with van der Waals surface area (Å²) in [6.07, 6.45) is 8.85. The van der Waals surface area contributed by atoms with Gasteiger partial charge < -0.3 is 10.2 Å². The van der Waals surface area contributed by atoms with E-state index in [-0.39, 0.29) is 5.92 Å². The Morgan fingerprint density at radius 1 is 1.18 bits per heavy atom. The highest BCUT2D eigenvalue weighted by Gasteiger charge is 2.30. The summed E-state index contributed by atoms with van der Waals surface area (Å²) in [7, 11) is 0. The minimum absolute atomic E-state index is 0.249. The number of carbonyl (C=O) groups is 1. The van der Waals surface area contributed by atoms with Crippen molar-refractivity contribution >= 4 is 28.2 Å². The first-order valence-corrected chi connectivity index (χ1v) is 11.4. The Hall–Kier alpha value is -2.02. The summed E-state index contributed by atoms with van der Waals surface area (Å²) in [6.45, 7) is 3.77. The molecule has 4 rings (SSSR count). The van der Waals surface area contributed by atoms with E-state index < -0.39 is 0 Å². The maximum Gasteiger partial charge on any atom is 0.225 e. The number of anilines is 2. The lowest BCUT2D eigenvalue weighted by Crippen LogP contribution is -2.43. The van der Waals surface area contributed by atoms with Gasteiger partial charge in [0.1, 0.15) is 10.8 Å². The van der Waals surface area contributed by atoms with E-state index >= 15 is 0 Å². The molecule has 2 aromatic rings. The van der Waals surface area contributed by atoms with Gasteiger partial charge in [0.05, 0.1) is 0 Å². The second-order valence-corrected chi connectivity index (χ2v) is 8.95. The summed E-state index contributed by atoms with van der Waals surface area (Å²) in [6, 6.07) is 6.08. The molecule has 1 N–H and O–H groups in total. The summed E-state index contributed by atoms with van der Waals surface area (Å²) in [4.78, 5) is 19.9. The van der Waals surface area contributed by atoms with Crippen molar-refractivity contribution in [2.75, 3.05) is 18.4 Å². The number of carbonyl (C=O) groups excluding carboxylic acids is 1. The highest BCUT2D eigenvalue weighted by molar-refractivity contribution is 7.15. The number of hydrogen-bond donors (Lipinski definition) is 1. The Bertz CT molecular complexity index is 802. The average molecular weight is 400 g/mol. The summed E-state index contributed by atoms with van der Waals surface area (Å²) < 4.78 is 0. The zero-order chi connectivity index (χ0) is 19.3. The van der Waals surface area contributed by atoms with Gasteiger partial charge in [-0.15, -0.1) is 10.2 Å². The second kappa shape index (κ2) is 8.99. The zero-order valence-corrected chi connectivity index (χ0v) is 17.4. The van der Waals surface area contributed by atoms with Crippen LogP contribution in [-0.4, -0.2) is 39.1 Å². The maximum absolute atomic E-state index is 12.9. The molecule has 7 heteroatoms. The number of pyridine rings is 1. The lowest BCUT2D eigenvalue weighted by atomic mass is 9.86. The van der Waals surface area contributed by atoms with Crippen LogP contribution in [0.1, 0.15) is 68.5 Å². The van der Waals surface area contributed by atoms with Gasteiger partial charge >= 0.3 is 0 Å². The largest absolute Gasteiger partial charge is 0.342 e. The van der Waals surface area contributed by atoms with Gasteiger partial charge in [0.2, 0.25) is 11.0 Å². The van der Waals surface area contributed by atoms with Crippen LogP contribution in [0.2, 0.25) is 0 Å². The van der Waals surface area contributed by atoms with Gasteiger partial charge in [0.25, 0.3) is 0 Å². The Morgan fingerprint density at radius 3 is 2.82 bits per heavy atom. The third kappa shape index (κ3) is 4.51. The predicted molar refractivity (Wildman–Crippen MR) is 112 cm³/mol. The Kier molecular flexibility index (Phi) is 6.20. The molecule has 0 radical (unpaired) electrons. The summed E-state index contributed by atoms with van der Waals surface area (Å²) >= 11 is 1.56. The van der Waals surface area contributed by atoms with Crippen LogP contribution in [0, 0.1) is 5.92 Å². The Morgan fingerprint density at radius 2 is 2.04 bits per heavy atom. The van der Waals surface area contributed by atoms with Crippen molar-refractivity contribution in [1.29, 1.82) is 0 Å². The fourth-order valence-electron chi connectivity index (χ4n) is 4.33. The monoisotopic (exact) mass is 399 g/mol. The first kappa shape index (κ1) is 19.3. The lowest BCUT2D eigenvalue weighted by Gasteiger charge is -2.35. The molecule has 6 nitrogen and oxygen atoms in total. The summed E-state index contributed by atoms with van der Waals surface area (Å²) in [5.41, 5.74) is 1.06. The molecule has 2 aliphatic rings. The molecule has 1 aliphatic carbocycles. The van der Waals surface area contributed by atoms with Crippen LogP contribution in [0.25, 0.3) is 0 Å². The Labute approximate surface area is 170 Å². The fraction of sp³-hybridized carbons (Fsp3) is 0.619. The van der Waals surface area contributed by atoms with Crippen LogP contribution in [0.3, 0.4) is 0 Å². The van der Waals surface area contributed by atoms with E-state index in [0.717, 1.165) is 66.8 Å². The highest BCUT2D eigenvalue weighted by Crippen LogP contribution is 2.31. The molecule has 1 atom stereocenters. The number of aryl methyl sites for hydroxylation is 1. The lowest BCUT2D eigenvalue weighted by molar-refractivity contribution is -0.137. The number of nitrogens with one attached hydrogen (secondary N) is 1. The molecule has 0 aromatic carbocycles. The fourth-order valence-corrected chi connectivity index (χ4v) is 5.02. The number of likely N-dealkylation sites (tertiary alicyclic amines) is 1. The first-order valence-electron chi connectivity index (χ1n) is 10.6. The van der Waals surface area contributed by atoms with Gasteiger partial charge in [0, 0.05) is 30.6 Å². The molecule has 1 unspecified atom stereocenters. The van der Waals surface area contributed by atoms with Crippen molar-refractivity contribution in [3.8, 4) is 0 Å². The molecule has 1 aliphatic heterocycles. The van der Waals surface area contributed by atoms with Gasteiger partial charge in [-0.3, -0.25) is 4.79 Å². The third-order valence-corrected chi connectivity index (χ3v) is 6.86. The summed E-state index contributed by atoms with van der Waals surface area (Å²) in [5, 5.41) is 13.4. The summed E-state index contributed by atoms with van der Waals surface area (Å²) in [5.74, 6) is 1.73. The quantitative estimate of drug-likeness (QED) is 0.800. The van der Waals surface area contributed by atoms with Crippen LogP contribution in [-0.2, 0) is 11.2 Å². The normalized spacial score (nSPS) is 20.9. The van der Waals surface area contributed by atoms with Gasteiger partial charge in [-0.25, -0.2) is 4.98 Å².